The zero-order valence-corrected chi connectivity index (χ0v) is 14.4. The molecule has 6 nitrogen and oxygen atoms in total. The topological polar surface area (TPSA) is 58.8 Å². The molecule has 2 saturated heterocycles. The number of hydrogen-bond acceptors (Lipinski definition) is 5. The fraction of sp³-hybridized carbons (Fsp3) is 0.474. The van der Waals surface area contributed by atoms with Crippen LogP contribution in [0.2, 0.25) is 0 Å². The summed E-state index contributed by atoms with van der Waals surface area (Å²) in [5.74, 6) is 1.29. The van der Waals surface area contributed by atoms with Crippen LogP contribution < -0.4 is 0 Å². The van der Waals surface area contributed by atoms with E-state index in [0.29, 0.717) is 31.3 Å². The first-order chi connectivity index (χ1) is 12.2. The molecule has 4 rings (SSSR count). The van der Waals surface area contributed by atoms with Gasteiger partial charge < -0.3 is 14.1 Å². The minimum absolute atomic E-state index is 0.00189. The molecule has 6 heteroatoms. The number of carbonyl (C=O) groups is 1. The van der Waals surface area contributed by atoms with Gasteiger partial charge in [0.15, 0.2) is 0 Å². The predicted octanol–water partition coefficient (Wildman–Crippen LogP) is 1.96. The van der Waals surface area contributed by atoms with Crippen molar-refractivity contribution in [3.05, 3.63) is 53.7 Å². The van der Waals surface area contributed by atoms with Crippen molar-refractivity contribution in [1.29, 1.82) is 0 Å². The van der Waals surface area contributed by atoms with Crippen molar-refractivity contribution in [1.82, 2.24) is 14.8 Å². The first-order valence-corrected chi connectivity index (χ1v) is 8.78. The van der Waals surface area contributed by atoms with E-state index in [1.165, 1.54) is 0 Å². The van der Waals surface area contributed by atoms with Crippen molar-refractivity contribution in [2.45, 2.75) is 19.6 Å². The highest BCUT2D eigenvalue weighted by atomic mass is 16.5. The van der Waals surface area contributed by atoms with Crippen LogP contribution in [0.1, 0.15) is 21.9 Å². The zero-order valence-electron chi connectivity index (χ0n) is 14.4. The molecule has 2 atom stereocenters. The quantitative estimate of drug-likeness (QED) is 0.854. The molecule has 2 fully saturated rings. The number of aromatic nitrogens is 1. The SMILES string of the molecule is Cc1cccc(C(=O)N2C[C@@H]3CN(Cc4ccco4)CCO[C@@H]3C2)n1. The van der Waals surface area contributed by atoms with Crippen molar-refractivity contribution < 1.29 is 13.9 Å². The minimum Gasteiger partial charge on any atom is -0.468 e. The lowest BCUT2D eigenvalue weighted by molar-refractivity contribution is 0.0481. The molecular weight excluding hydrogens is 318 g/mol. The molecule has 0 spiro atoms. The van der Waals surface area contributed by atoms with Gasteiger partial charge in [-0.2, -0.15) is 0 Å². The molecule has 0 N–H and O–H groups in total. The van der Waals surface area contributed by atoms with E-state index in [1.54, 1.807) is 12.3 Å². The molecule has 2 aromatic heterocycles. The van der Waals surface area contributed by atoms with E-state index in [0.717, 1.165) is 31.1 Å². The van der Waals surface area contributed by atoms with E-state index in [1.807, 2.05) is 36.1 Å². The standard InChI is InChI=1S/C19H23N3O3/c1-14-4-2-6-17(20-14)19(23)22-11-15-10-21(7-9-25-18(15)13-22)12-16-5-3-8-24-16/h2-6,8,15,18H,7,9-13H2,1H3/t15-,18+/m0/s1. The Bertz CT molecular complexity index is 731. The highest BCUT2D eigenvalue weighted by Gasteiger charge is 2.39. The Labute approximate surface area is 147 Å². The normalized spacial score (nSPS) is 24.1. The molecule has 0 radical (unpaired) electrons. The summed E-state index contributed by atoms with van der Waals surface area (Å²) in [6, 6.07) is 9.48. The molecule has 25 heavy (non-hydrogen) atoms. The van der Waals surface area contributed by atoms with Crippen molar-refractivity contribution >= 4 is 5.91 Å². The van der Waals surface area contributed by atoms with Crippen molar-refractivity contribution in [2.75, 3.05) is 32.8 Å². The number of nitrogens with zero attached hydrogens (tertiary/aromatic N) is 3. The highest BCUT2D eigenvalue weighted by molar-refractivity contribution is 5.92. The van der Waals surface area contributed by atoms with Crippen molar-refractivity contribution in [3.8, 4) is 0 Å². The largest absolute Gasteiger partial charge is 0.468 e. The van der Waals surface area contributed by atoms with Crippen LogP contribution in [-0.2, 0) is 11.3 Å². The monoisotopic (exact) mass is 341 g/mol. The van der Waals surface area contributed by atoms with Crippen LogP contribution >= 0.6 is 0 Å². The zero-order chi connectivity index (χ0) is 17.2. The van der Waals surface area contributed by atoms with Crippen LogP contribution in [-0.4, -0.2) is 59.6 Å². The van der Waals surface area contributed by atoms with Crippen molar-refractivity contribution in [3.63, 3.8) is 0 Å². The second kappa shape index (κ2) is 6.98. The van der Waals surface area contributed by atoms with E-state index in [9.17, 15) is 4.79 Å². The molecule has 0 aliphatic carbocycles. The van der Waals surface area contributed by atoms with Crippen LogP contribution in [0.4, 0.5) is 0 Å². The number of pyridine rings is 1. The van der Waals surface area contributed by atoms with Gasteiger partial charge in [-0.15, -0.1) is 0 Å². The summed E-state index contributed by atoms with van der Waals surface area (Å²) in [6.45, 7) is 6.54. The summed E-state index contributed by atoms with van der Waals surface area (Å²) < 4.78 is 11.5. The number of rotatable bonds is 3. The molecule has 0 bridgehead atoms. The lowest BCUT2D eigenvalue weighted by Gasteiger charge is -2.22. The predicted molar refractivity (Wildman–Crippen MR) is 92.1 cm³/mol. The number of ether oxygens (including phenoxy) is 1. The summed E-state index contributed by atoms with van der Waals surface area (Å²) in [4.78, 5) is 21.3. The third-order valence-corrected chi connectivity index (χ3v) is 4.97. The van der Waals surface area contributed by atoms with Gasteiger partial charge in [-0.1, -0.05) is 6.07 Å². The highest BCUT2D eigenvalue weighted by Crippen LogP contribution is 2.25. The van der Waals surface area contributed by atoms with Crippen LogP contribution in [0.25, 0.3) is 0 Å². The molecule has 2 aliphatic rings. The van der Waals surface area contributed by atoms with Gasteiger partial charge in [0, 0.05) is 37.8 Å². The lowest BCUT2D eigenvalue weighted by Crippen LogP contribution is -2.34. The maximum atomic E-state index is 12.7. The first kappa shape index (κ1) is 16.3. The fourth-order valence-corrected chi connectivity index (χ4v) is 3.72. The van der Waals surface area contributed by atoms with E-state index in [-0.39, 0.29) is 12.0 Å². The van der Waals surface area contributed by atoms with Gasteiger partial charge in [0.05, 0.1) is 25.5 Å². The Morgan fingerprint density at radius 3 is 2.96 bits per heavy atom. The molecule has 132 valence electrons. The van der Waals surface area contributed by atoms with Crippen molar-refractivity contribution in [2.24, 2.45) is 5.92 Å². The van der Waals surface area contributed by atoms with Gasteiger partial charge in [0.1, 0.15) is 11.5 Å². The van der Waals surface area contributed by atoms with Crippen LogP contribution in [0.15, 0.2) is 41.0 Å². The average molecular weight is 341 g/mol. The maximum Gasteiger partial charge on any atom is 0.272 e. The van der Waals surface area contributed by atoms with Crippen LogP contribution in [0.3, 0.4) is 0 Å². The van der Waals surface area contributed by atoms with Crippen LogP contribution in [0.5, 0.6) is 0 Å². The molecular formula is C19H23N3O3. The smallest absolute Gasteiger partial charge is 0.272 e. The summed E-state index contributed by atoms with van der Waals surface area (Å²) in [5.41, 5.74) is 1.38. The molecule has 0 aromatic carbocycles. The Balaban J connectivity index is 1.42. The lowest BCUT2D eigenvalue weighted by atomic mass is 10.1. The van der Waals surface area contributed by atoms with E-state index < -0.39 is 0 Å². The summed E-state index contributed by atoms with van der Waals surface area (Å²) >= 11 is 0. The van der Waals surface area contributed by atoms with E-state index in [4.69, 9.17) is 9.15 Å². The number of likely N-dealkylation sites (tertiary alicyclic amines) is 1. The number of hydrogen-bond donors (Lipinski definition) is 0. The number of amides is 1. The molecule has 4 heterocycles. The molecule has 2 aliphatic heterocycles. The second-order valence-electron chi connectivity index (χ2n) is 6.86. The van der Waals surface area contributed by atoms with E-state index in [2.05, 4.69) is 9.88 Å². The summed E-state index contributed by atoms with van der Waals surface area (Å²) in [5, 5.41) is 0. The van der Waals surface area contributed by atoms with Gasteiger partial charge in [0.2, 0.25) is 0 Å². The van der Waals surface area contributed by atoms with Gasteiger partial charge in [0.25, 0.3) is 5.91 Å². The van der Waals surface area contributed by atoms with Gasteiger partial charge in [-0.25, -0.2) is 4.98 Å². The molecule has 2 aromatic rings. The average Bonchev–Trinajstić information content (AvgIpc) is 3.21. The van der Waals surface area contributed by atoms with Gasteiger partial charge in [-0.3, -0.25) is 9.69 Å². The molecule has 1 amide bonds. The fourth-order valence-electron chi connectivity index (χ4n) is 3.72. The summed E-state index contributed by atoms with van der Waals surface area (Å²) in [6.07, 6.45) is 1.81. The Morgan fingerprint density at radius 1 is 1.24 bits per heavy atom. The second-order valence-corrected chi connectivity index (χ2v) is 6.86. The summed E-state index contributed by atoms with van der Waals surface area (Å²) in [7, 11) is 0. The molecule has 0 unspecified atom stereocenters. The number of fused-ring (bicyclic) bond motifs is 1. The van der Waals surface area contributed by atoms with E-state index >= 15 is 0 Å². The van der Waals surface area contributed by atoms with Gasteiger partial charge in [-0.05, 0) is 31.2 Å². The Kier molecular flexibility index (Phi) is 4.55. The number of carbonyl (C=O) groups excluding carboxylic acids is 1. The Hall–Kier alpha value is -2.18. The maximum absolute atomic E-state index is 12.7. The third kappa shape index (κ3) is 3.60. The number of aryl methyl sites for hydroxylation is 1. The van der Waals surface area contributed by atoms with Crippen LogP contribution in [0, 0.1) is 12.8 Å². The molecule has 0 saturated carbocycles. The minimum atomic E-state index is -0.00189. The number of furan rings is 1. The third-order valence-electron chi connectivity index (χ3n) is 4.97. The van der Waals surface area contributed by atoms with Gasteiger partial charge >= 0.3 is 0 Å². The Morgan fingerprint density at radius 2 is 2.16 bits per heavy atom. The first-order valence-electron chi connectivity index (χ1n) is 8.78.